The number of carbonyl (C=O) groups is 2. The monoisotopic (exact) mass is 450 g/mol. The minimum atomic E-state index is -0.820. The molecule has 154 valence electrons. The molecule has 6 nitrogen and oxygen atoms in total. The summed E-state index contributed by atoms with van der Waals surface area (Å²) in [6.07, 6.45) is 0. The summed E-state index contributed by atoms with van der Waals surface area (Å²) in [5.74, 6) is -0.521. The summed E-state index contributed by atoms with van der Waals surface area (Å²) < 4.78 is 0. The Bertz CT molecular complexity index is 1300. The van der Waals surface area contributed by atoms with Gasteiger partial charge in [-0.15, -0.1) is 0 Å². The third kappa shape index (κ3) is 4.30. The van der Waals surface area contributed by atoms with Crippen LogP contribution < -0.4 is 16.2 Å². The van der Waals surface area contributed by atoms with Gasteiger partial charge in [-0.05, 0) is 42.5 Å². The quantitative estimate of drug-likeness (QED) is 0.407. The van der Waals surface area contributed by atoms with Crippen LogP contribution in [0.2, 0.25) is 10.0 Å². The molecule has 3 aromatic carbocycles. The Morgan fingerprint density at radius 3 is 2.32 bits per heavy atom. The number of hydrazine groups is 1. The van der Waals surface area contributed by atoms with Crippen LogP contribution in [0.3, 0.4) is 0 Å². The third-order valence-electron chi connectivity index (χ3n) is 4.62. The van der Waals surface area contributed by atoms with E-state index in [1.807, 2.05) is 6.07 Å². The van der Waals surface area contributed by atoms with Gasteiger partial charge in [0.25, 0.3) is 5.91 Å². The van der Waals surface area contributed by atoms with Gasteiger partial charge in [0.1, 0.15) is 0 Å². The molecule has 0 spiro atoms. The van der Waals surface area contributed by atoms with Crippen LogP contribution in [0.1, 0.15) is 10.4 Å². The number of aromatic nitrogens is 1. The molecule has 0 saturated carbocycles. The summed E-state index contributed by atoms with van der Waals surface area (Å²) in [5, 5.41) is 2.51. The van der Waals surface area contributed by atoms with Gasteiger partial charge in [0.05, 0.1) is 27.5 Å². The highest BCUT2D eigenvalue weighted by atomic mass is 35.5. The molecule has 0 aliphatic rings. The van der Waals surface area contributed by atoms with Crippen molar-refractivity contribution in [1.29, 1.82) is 0 Å². The summed E-state index contributed by atoms with van der Waals surface area (Å²) in [7, 11) is 0. The minimum absolute atomic E-state index is 0.314. The largest absolute Gasteiger partial charge is 0.350 e. The average Bonchev–Trinajstić information content (AvgIpc) is 2.77. The fraction of sp³-hybridized carbons (Fsp3) is 0. The fourth-order valence-electron chi connectivity index (χ4n) is 3.18. The molecule has 0 fully saturated rings. The summed E-state index contributed by atoms with van der Waals surface area (Å²) in [5.41, 5.74) is 10.5. The summed E-state index contributed by atoms with van der Waals surface area (Å²) in [6.45, 7) is 0. The van der Waals surface area contributed by atoms with E-state index in [-0.39, 0.29) is 0 Å². The molecule has 0 atom stereocenters. The summed E-state index contributed by atoms with van der Waals surface area (Å²) in [4.78, 5) is 29.9. The molecule has 3 N–H and O–H groups in total. The Morgan fingerprint density at radius 2 is 1.61 bits per heavy atom. The predicted octanol–water partition coefficient (Wildman–Crippen LogP) is 5.44. The first-order valence-electron chi connectivity index (χ1n) is 9.25. The standard InChI is InChI=1S/C23H16Cl2N4O2/c24-14-10-11-17(19(25)12-14)21-13-18(16-8-4-5-9-20(16)27-21)22(30)28-29(23(26)31)15-6-2-1-3-7-15/h1-13H,(H2,26,31)(H,28,30). The van der Waals surface area contributed by atoms with Crippen molar-refractivity contribution in [1.82, 2.24) is 10.4 Å². The maximum Gasteiger partial charge on any atom is 0.338 e. The Labute approximate surface area is 188 Å². The number of nitrogens with two attached hydrogens (primary N) is 1. The van der Waals surface area contributed by atoms with Crippen LogP contribution in [0, 0.1) is 0 Å². The number of fused-ring (bicyclic) bond motifs is 1. The molecule has 3 amide bonds. The number of rotatable bonds is 3. The number of pyridine rings is 1. The lowest BCUT2D eigenvalue weighted by atomic mass is 10.0. The zero-order chi connectivity index (χ0) is 22.0. The van der Waals surface area contributed by atoms with E-state index in [2.05, 4.69) is 10.4 Å². The first-order chi connectivity index (χ1) is 14.9. The molecule has 0 bridgehead atoms. The summed E-state index contributed by atoms with van der Waals surface area (Å²) >= 11 is 12.4. The van der Waals surface area contributed by atoms with Crippen LogP contribution in [0.5, 0.6) is 0 Å². The molecule has 31 heavy (non-hydrogen) atoms. The molecular weight excluding hydrogens is 435 g/mol. The molecule has 0 saturated heterocycles. The Kier molecular flexibility index (Phi) is 5.75. The van der Waals surface area contributed by atoms with Gasteiger partial charge in [-0.2, -0.15) is 0 Å². The highest BCUT2D eigenvalue weighted by Gasteiger charge is 2.20. The number of anilines is 1. The van der Waals surface area contributed by atoms with Crippen molar-refractivity contribution in [3.05, 3.63) is 94.5 Å². The number of urea groups is 1. The number of hydrogen-bond donors (Lipinski definition) is 2. The maximum absolute atomic E-state index is 13.2. The van der Waals surface area contributed by atoms with Gasteiger partial charge in [-0.1, -0.05) is 59.6 Å². The van der Waals surface area contributed by atoms with Crippen molar-refractivity contribution in [3.63, 3.8) is 0 Å². The van der Waals surface area contributed by atoms with Gasteiger partial charge >= 0.3 is 6.03 Å². The SMILES string of the molecule is NC(=O)N(NC(=O)c1cc(-c2ccc(Cl)cc2Cl)nc2ccccc12)c1ccccc1. The smallest absolute Gasteiger partial charge is 0.338 e. The second-order valence-corrected chi connectivity index (χ2v) is 7.49. The van der Waals surface area contributed by atoms with Gasteiger partial charge in [0, 0.05) is 16.0 Å². The maximum atomic E-state index is 13.2. The van der Waals surface area contributed by atoms with Crippen LogP contribution in [-0.4, -0.2) is 16.9 Å². The number of benzene rings is 3. The van der Waals surface area contributed by atoms with Crippen molar-refractivity contribution in [2.24, 2.45) is 5.73 Å². The normalized spacial score (nSPS) is 10.6. The number of para-hydroxylation sites is 2. The second kappa shape index (κ2) is 8.63. The van der Waals surface area contributed by atoms with E-state index in [1.165, 1.54) is 0 Å². The molecule has 0 aliphatic carbocycles. The van der Waals surface area contributed by atoms with Gasteiger partial charge in [-0.3, -0.25) is 10.2 Å². The number of halogens is 2. The Balaban J connectivity index is 1.80. The van der Waals surface area contributed by atoms with Crippen LogP contribution in [-0.2, 0) is 0 Å². The fourth-order valence-corrected chi connectivity index (χ4v) is 3.69. The Morgan fingerprint density at radius 1 is 0.903 bits per heavy atom. The minimum Gasteiger partial charge on any atom is -0.350 e. The van der Waals surface area contributed by atoms with Crippen LogP contribution >= 0.6 is 23.2 Å². The number of hydrogen-bond acceptors (Lipinski definition) is 3. The number of amides is 3. The van der Waals surface area contributed by atoms with Gasteiger partial charge in [0.15, 0.2) is 0 Å². The molecule has 4 rings (SSSR count). The average molecular weight is 451 g/mol. The number of nitrogens with zero attached hydrogens (tertiary/aromatic N) is 2. The lowest BCUT2D eigenvalue weighted by Crippen LogP contribution is -2.49. The first-order valence-corrected chi connectivity index (χ1v) is 10.0. The van der Waals surface area contributed by atoms with Crippen LogP contribution in [0.25, 0.3) is 22.2 Å². The zero-order valence-corrected chi connectivity index (χ0v) is 17.6. The van der Waals surface area contributed by atoms with E-state index in [9.17, 15) is 9.59 Å². The zero-order valence-electron chi connectivity index (χ0n) is 16.0. The Hall–Kier alpha value is -3.61. The number of primary amides is 1. The third-order valence-corrected chi connectivity index (χ3v) is 5.16. The van der Waals surface area contributed by atoms with Gasteiger partial charge in [-0.25, -0.2) is 14.8 Å². The van der Waals surface area contributed by atoms with Crippen molar-refractivity contribution in [2.45, 2.75) is 0 Å². The van der Waals surface area contributed by atoms with Crippen molar-refractivity contribution >= 4 is 51.7 Å². The summed E-state index contributed by atoms with van der Waals surface area (Å²) in [6, 6.07) is 21.6. The lowest BCUT2D eigenvalue weighted by molar-refractivity contribution is 0.0952. The molecule has 1 heterocycles. The molecule has 4 aromatic rings. The molecular formula is C23H16Cl2N4O2. The molecule has 0 aliphatic heterocycles. The number of carbonyl (C=O) groups excluding carboxylic acids is 2. The number of nitrogens with one attached hydrogen (secondary N) is 1. The van der Waals surface area contributed by atoms with E-state index in [4.69, 9.17) is 28.9 Å². The van der Waals surface area contributed by atoms with Crippen molar-refractivity contribution in [3.8, 4) is 11.3 Å². The molecule has 1 aromatic heterocycles. The highest BCUT2D eigenvalue weighted by Crippen LogP contribution is 2.32. The second-order valence-electron chi connectivity index (χ2n) is 6.65. The van der Waals surface area contributed by atoms with E-state index < -0.39 is 11.9 Å². The molecule has 0 unspecified atom stereocenters. The van der Waals surface area contributed by atoms with Gasteiger partial charge in [0.2, 0.25) is 0 Å². The predicted molar refractivity (Wildman–Crippen MR) is 123 cm³/mol. The molecule has 8 heteroatoms. The van der Waals surface area contributed by atoms with Crippen molar-refractivity contribution < 1.29 is 9.59 Å². The van der Waals surface area contributed by atoms with Crippen LogP contribution in [0.15, 0.2) is 78.9 Å². The van der Waals surface area contributed by atoms with E-state index in [0.29, 0.717) is 43.5 Å². The van der Waals surface area contributed by atoms with E-state index in [1.54, 1.807) is 72.8 Å². The lowest BCUT2D eigenvalue weighted by Gasteiger charge is -2.21. The topological polar surface area (TPSA) is 88.3 Å². The highest BCUT2D eigenvalue weighted by molar-refractivity contribution is 6.36. The van der Waals surface area contributed by atoms with Crippen molar-refractivity contribution in [2.75, 3.05) is 5.01 Å². The first kappa shape index (κ1) is 20.7. The van der Waals surface area contributed by atoms with Gasteiger partial charge < -0.3 is 5.73 Å². The molecule has 0 radical (unpaired) electrons. The van der Waals surface area contributed by atoms with E-state index >= 15 is 0 Å². The van der Waals surface area contributed by atoms with Crippen LogP contribution in [0.4, 0.5) is 10.5 Å². The van der Waals surface area contributed by atoms with E-state index in [0.717, 1.165) is 5.01 Å².